The Kier molecular flexibility index (Phi) is 3.50. The molecule has 0 atom stereocenters. The number of rotatable bonds is 3. The van der Waals surface area contributed by atoms with Gasteiger partial charge in [-0.05, 0) is 19.1 Å². The van der Waals surface area contributed by atoms with Gasteiger partial charge in [0.15, 0.2) is 12.8 Å². The third-order valence-electron chi connectivity index (χ3n) is 1.59. The Balaban J connectivity index is 2.43. The van der Waals surface area contributed by atoms with Gasteiger partial charge in [-0.1, -0.05) is 17.7 Å². The highest BCUT2D eigenvalue weighted by molar-refractivity contribution is 5.78. The molecule has 0 aliphatic heterocycles. The monoisotopic (exact) mass is 190 g/mol. The average Bonchev–Trinajstić information content (AvgIpc) is 2.17. The Morgan fingerprint density at radius 2 is 2.14 bits per heavy atom. The fourth-order valence-electron chi connectivity index (χ4n) is 0.882. The fraction of sp³-hybridized carbons (Fsp3) is 0.200. The molecule has 14 heavy (non-hydrogen) atoms. The van der Waals surface area contributed by atoms with Crippen molar-refractivity contribution >= 4 is 5.91 Å². The standard InChI is InChI=1S/C10H10N2O2/c1-8-2-4-9(5-3-8)14-6-10(13)12-7-11/h2-5H,6H2,1H3,(H,12,13). The lowest BCUT2D eigenvalue weighted by atomic mass is 10.2. The van der Waals surface area contributed by atoms with E-state index >= 15 is 0 Å². The Morgan fingerprint density at radius 1 is 1.50 bits per heavy atom. The highest BCUT2D eigenvalue weighted by Gasteiger charge is 2.00. The second-order valence-electron chi connectivity index (χ2n) is 2.76. The maximum atomic E-state index is 10.8. The summed E-state index contributed by atoms with van der Waals surface area (Å²) >= 11 is 0. The minimum atomic E-state index is -0.451. The van der Waals surface area contributed by atoms with Crippen molar-refractivity contribution in [2.24, 2.45) is 0 Å². The lowest BCUT2D eigenvalue weighted by Crippen LogP contribution is -2.24. The van der Waals surface area contributed by atoms with Gasteiger partial charge in [-0.2, -0.15) is 5.26 Å². The van der Waals surface area contributed by atoms with Crippen molar-refractivity contribution in [1.82, 2.24) is 5.32 Å². The second-order valence-corrected chi connectivity index (χ2v) is 2.76. The molecule has 0 fully saturated rings. The van der Waals surface area contributed by atoms with E-state index in [1.165, 1.54) is 6.19 Å². The smallest absolute Gasteiger partial charge is 0.270 e. The first-order chi connectivity index (χ1) is 6.72. The minimum absolute atomic E-state index is 0.142. The van der Waals surface area contributed by atoms with E-state index in [-0.39, 0.29) is 6.61 Å². The van der Waals surface area contributed by atoms with Gasteiger partial charge < -0.3 is 4.74 Å². The first-order valence-corrected chi connectivity index (χ1v) is 4.10. The van der Waals surface area contributed by atoms with E-state index in [1.807, 2.05) is 24.4 Å². The van der Waals surface area contributed by atoms with Crippen LogP contribution in [0.15, 0.2) is 24.3 Å². The predicted octanol–water partition coefficient (Wildman–Crippen LogP) is 0.971. The summed E-state index contributed by atoms with van der Waals surface area (Å²) in [4.78, 5) is 10.8. The van der Waals surface area contributed by atoms with Crippen LogP contribution < -0.4 is 10.1 Å². The molecule has 72 valence electrons. The van der Waals surface area contributed by atoms with Gasteiger partial charge in [0.2, 0.25) is 0 Å². The van der Waals surface area contributed by atoms with Crippen molar-refractivity contribution in [2.75, 3.05) is 6.61 Å². The van der Waals surface area contributed by atoms with Crippen molar-refractivity contribution in [3.63, 3.8) is 0 Å². The number of carbonyl (C=O) groups is 1. The largest absolute Gasteiger partial charge is 0.484 e. The summed E-state index contributed by atoms with van der Waals surface area (Å²) in [5, 5.41) is 10.1. The Hall–Kier alpha value is -2.02. The molecule has 1 rings (SSSR count). The van der Waals surface area contributed by atoms with E-state index in [9.17, 15) is 4.79 Å². The molecule has 4 heteroatoms. The van der Waals surface area contributed by atoms with Gasteiger partial charge in [0.1, 0.15) is 5.75 Å². The number of hydrogen-bond donors (Lipinski definition) is 1. The van der Waals surface area contributed by atoms with Gasteiger partial charge in [0, 0.05) is 0 Å². The molecule has 0 aliphatic rings. The molecule has 1 aromatic carbocycles. The van der Waals surface area contributed by atoms with Gasteiger partial charge >= 0.3 is 0 Å². The minimum Gasteiger partial charge on any atom is -0.484 e. The van der Waals surface area contributed by atoms with Crippen LogP contribution in [-0.2, 0) is 4.79 Å². The Morgan fingerprint density at radius 3 is 2.71 bits per heavy atom. The Bertz CT molecular complexity index is 351. The van der Waals surface area contributed by atoms with E-state index in [0.29, 0.717) is 5.75 Å². The summed E-state index contributed by atoms with van der Waals surface area (Å²) in [5.74, 6) is 0.164. The van der Waals surface area contributed by atoms with Crippen LogP contribution in [0.2, 0.25) is 0 Å². The van der Waals surface area contributed by atoms with Crippen LogP contribution in [0.5, 0.6) is 5.75 Å². The van der Waals surface area contributed by atoms with E-state index < -0.39 is 5.91 Å². The van der Waals surface area contributed by atoms with Crippen LogP contribution in [0.4, 0.5) is 0 Å². The first kappa shape index (κ1) is 10.1. The normalized spacial score (nSPS) is 8.86. The molecule has 1 amide bonds. The number of benzene rings is 1. The van der Waals surface area contributed by atoms with Crippen LogP contribution in [0.25, 0.3) is 0 Å². The van der Waals surface area contributed by atoms with E-state index in [4.69, 9.17) is 10.00 Å². The maximum absolute atomic E-state index is 10.8. The van der Waals surface area contributed by atoms with Crippen molar-refractivity contribution in [2.45, 2.75) is 6.92 Å². The summed E-state index contributed by atoms with van der Waals surface area (Å²) < 4.78 is 5.11. The van der Waals surface area contributed by atoms with Crippen LogP contribution in [0.3, 0.4) is 0 Å². The number of nitrogens with zero attached hydrogens (tertiary/aromatic N) is 1. The molecule has 0 aromatic heterocycles. The number of hydrogen-bond acceptors (Lipinski definition) is 3. The number of aryl methyl sites for hydroxylation is 1. The van der Waals surface area contributed by atoms with Gasteiger partial charge in [-0.25, -0.2) is 0 Å². The third-order valence-corrected chi connectivity index (χ3v) is 1.59. The number of nitriles is 1. The highest BCUT2D eigenvalue weighted by atomic mass is 16.5. The summed E-state index contributed by atoms with van der Waals surface area (Å²) in [6.07, 6.45) is 1.53. The van der Waals surface area contributed by atoms with Crippen LogP contribution >= 0.6 is 0 Å². The number of carbonyl (C=O) groups excluding carboxylic acids is 1. The van der Waals surface area contributed by atoms with Gasteiger partial charge in [-0.3, -0.25) is 10.1 Å². The van der Waals surface area contributed by atoms with Crippen LogP contribution in [-0.4, -0.2) is 12.5 Å². The lowest BCUT2D eigenvalue weighted by molar-refractivity contribution is -0.121. The molecule has 4 nitrogen and oxygen atoms in total. The fourth-order valence-corrected chi connectivity index (χ4v) is 0.882. The maximum Gasteiger partial charge on any atom is 0.270 e. The Labute approximate surface area is 82.1 Å². The SMILES string of the molecule is Cc1ccc(OCC(=O)NC#N)cc1. The summed E-state index contributed by atoms with van der Waals surface area (Å²) in [6.45, 7) is 1.82. The van der Waals surface area contributed by atoms with Gasteiger partial charge in [-0.15, -0.1) is 0 Å². The summed E-state index contributed by atoms with van der Waals surface area (Å²) in [5.41, 5.74) is 1.12. The van der Waals surface area contributed by atoms with E-state index in [0.717, 1.165) is 5.56 Å². The zero-order valence-corrected chi connectivity index (χ0v) is 7.78. The molecule has 0 aliphatic carbocycles. The average molecular weight is 190 g/mol. The quantitative estimate of drug-likeness (QED) is 0.570. The summed E-state index contributed by atoms with van der Waals surface area (Å²) in [6, 6.07) is 7.32. The van der Waals surface area contributed by atoms with E-state index in [2.05, 4.69) is 0 Å². The first-order valence-electron chi connectivity index (χ1n) is 4.10. The second kappa shape index (κ2) is 4.87. The highest BCUT2D eigenvalue weighted by Crippen LogP contribution is 2.10. The zero-order valence-electron chi connectivity index (χ0n) is 7.78. The van der Waals surface area contributed by atoms with Gasteiger partial charge in [0.05, 0.1) is 0 Å². The van der Waals surface area contributed by atoms with Crippen molar-refractivity contribution in [3.05, 3.63) is 29.8 Å². The van der Waals surface area contributed by atoms with Crippen molar-refractivity contribution in [1.29, 1.82) is 5.26 Å². The topological polar surface area (TPSA) is 62.1 Å². The van der Waals surface area contributed by atoms with E-state index in [1.54, 1.807) is 12.1 Å². The molecule has 0 saturated heterocycles. The molecule has 0 spiro atoms. The predicted molar refractivity (Wildman–Crippen MR) is 50.4 cm³/mol. The van der Waals surface area contributed by atoms with Crippen LogP contribution in [0.1, 0.15) is 5.56 Å². The number of amides is 1. The molecule has 0 radical (unpaired) electrons. The molecule has 1 aromatic rings. The molecule has 1 N–H and O–H groups in total. The summed E-state index contributed by atoms with van der Waals surface area (Å²) in [7, 11) is 0. The molecule has 0 heterocycles. The zero-order chi connectivity index (χ0) is 10.4. The third kappa shape index (κ3) is 3.15. The molecular weight excluding hydrogens is 180 g/mol. The van der Waals surface area contributed by atoms with Crippen molar-refractivity contribution < 1.29 is 9.53 Å². The molecule has 0 unspecified atom stereocenters. The molecule has 0 bridgehead atoms. The van der Waals surface area contributed by atoms with Gasteiger partial charge in [0.25, 0.3) is 5.91 Å². The van der Waals surface area contributed by atoms with Crippen LogP contribution in [0, 0.1) is 18.4 Å². The lowest BCUT2D eigenvalue weighted by Gasteiger charge is -2.03. The molecule has 0 saturated carbocycles. The number of nitrogens with one attached hydrogen (secondary N) is 1. The molecular formula is C10H10N2O2. The van der Waals surface area contributed by atoms with Crippen molar-refractivity contribution in [3.8, 4) is 11.9 Å². The number of ether oxygens (including phenoxy) is 1.